The minimum atomic E-state index is -0.288. The normalized spacial score (nSPS) is 11.0. The topological polar surface area (TPSA) is 59.3 Å². The largest absolute Gasteiger partial charge is 0.450 e. The van der Waals surface area contributed by atoms with Gasteiger partial charge in [-0.25, -0.2) is 0 Å². The number of hydrogen-bond donors (Lipinski definition) is 1. The molecule has 0 atom stereocenters. The maximum Gasteiger partial charge on any atom is 0.265 e. The highest BCUT2D eigenvalue weighted by atomic mass is 79.9. The van der Waals surface area contributed by atoms with Crippen LogP contribution in [0.15, 0.2) is 93.8 Å². The predicted octanol–water partition coefficient (Wildman–Crippen LogP) is 7.97. The monoisotopic (exact) mass is 529 g/mol. The molecule has 3 aromatic carbocycles. The van der Waals surface area contributed by atoms with Gasteiger partial charge in [0, 0.05) is 20.3 Å². The number of furan rings is 1. The van der Waals surface area contributed by atoms with Crippen LogP contribution in [0.25, 0.3) is 21.4 Å². The van der Waals surface area contributed by atoms with Crippen molar-refractivity contribution >= 4 is 55.6 Å². The number of benzene rings is 3. The average Bonchev–Trinajstić information content (AvgIpc) is 3.47. The van der Waals surface area contributed by atoms with E-state index >= 15 is 0 Å². The highest BCUT2D eigenvalue weighted by Gasteiger charge is 2.25. The average molecular weight is 530 g/mol. The van der Waals surface area contributed by atoms with E-state index in [4.69, 9.17) is 4.42 Å². The molecule has 0 radical (unpaired) electrons. The SMILES string of the molecule is CCc1cc(C(=O)Nc2c(C(=O)c3ccc(Br)cc3)oc3ccccc23)sc1-c1ccccc1. The molecule has 0 spiro atoms. The van der Waals surface area contributed by atoms with Gasteiger partial charge in [-0.15, -0.1) is 11.3 Å². The molecule has 1 N–H and O–H groups in total. The van der Waals surface area contributed by atoms with Gasteiger partial charge in [0.2, 0.25) is 5.78 Å². The Bertz CT molecular complexity index is 1500. The smallest absolute Gasteiger partial charge is 0.265 e. The van der Waals surface area contributed by atoms with Crippen molar-refractivity contribution in [2.75, 3.05) is 5.32 Å². The van der Waals surface area contributed by atoms with E-state index in [0.29, 0.717) is 27.1 Å². The summed E-state index contributed by atoms with van der Waals surface area (Å²) in [7, 11) is 0. The molecule has 1 amide bonds. The van der Waals surface area contributed by atoms with Crippen molar-refractivity contribution in [3.8, 4) is 10.4 Å². The number of anilines is 1. The second-order valence-corrected chi connectivity index (χ2v) is 9.74. The van der Waals surface area contributed by atoms with Crippen molar-refractivity contribution in [3.63, 3.8) is 0 Å². The molecule has 34 heavy (non-hydrogen) atoms. The molecule has 0 saturated carbocycles. The van der Waals surface area contributed by atoms with Gasteiger partial charge in [-0.1, -0.05) is 65.3 Å². The summed E-state index contributed by atoms with van der Waals surface area (Å²) in [5, 5.41) is 3.66. The summed E-state index contributed by atoms with van der Waals surface area (Å²) in [5.74, 6) is -0.435. The molecule has 0 aliphatic carbocycles. The van der Waals surface area contributed by atoms with Crippen LogP contribution in [0.1, 0.15) is 38.3 Å². The van der Waals surface area contributed by atoms with E-state index in [2.05, 4.69) is 28.2 Å². The number of thiophene rings is 1. The van der Waals surface area contributed by atoms with Crippen LogP contribution in [-0.4, -0.2) is 11.7 Å². The summed E-state index contributed by atoms with van der Waals surface area (Å²) < 4.78 is 6.80. The van der Waals surface area contributed by atoms with E-state index in [1.54, 1.807) is 30.3 Å². The van der Waals surface area contributed by atoms with Crippen LogP contribution in [-0.2, 0) is 6.42 Å². The maximum atomic E-state index is 13.4. The molecule has 0 unspecified atom stereocenters. The summed E-state index contributed by atoms with van der Waals surface area (Å²) >= 11 is 4.84. The fraction of sp³-hybridized carbons (Fsp3) is 0.0714. The highest BCUT2D eigenvalue weighted by Crippen LogP contribution is 2.36. The first-order valence-corrected chi connectivity index (χ1v) is 12.5. The Balaban J connectivity index is 1.53. The van der Waals surface area contributed by atoms with Crippen LogP contribution < -0.4 is 5.32 Å². The number of halogens is 1. The summed E-state index contributed by atoms with van der Waals surface area (Å²) in [6.45, 7) is 2.08. The number of carbonyl (C=O) groups is 2. The van der Waals surface area contributed by atoms with Crippen LogP contribution >= 0.6 is 27.3 Å². The molecule has 2 heterocycles. The van der Waals surface area contributed by atoms with Gasteiger partial charge >= 0.3 is 0 Å². The lowest BCUT2D eigenvalue weighted by Gasteiger charge is -2.05. The van der Waals surface area contributed by atoms with Gasteiger partial charge in [0.25, 0.3) is 5.91 Å². The number of aryl methyl sites for hydroxylation is 1. The molecule has 0 saturated heterocycles. The highest BCUT2D eigenvalue weighted by molar-refractivity contribution is 9.10. The van der Waals surface area contributed by atoms with E-state index in [-0.39, 0.29) is 17.5 Å². The standard InChI is InChI=1S/C28H20BrNO3S/c1-2-17-16-23(34-27(17)19-8-4-3-5-9-19)28(32)30-24-21-10-6-7-11-22(21)33-26(24)25(31)18-12-14-20(29)15-13-18/h3-16H,2H2,1H3,(H,30,32). The Kier molecular flexibility index (Phi) is 6.18. The van der Waals surface area contributed by atoms with Crippen LogP contribution in [0, 0.1) is 0 Å². The van der Waals surface area contributed by atoms with Crippen LogP contribution in [0.2, 0.25) is 0 Å². The van der Waals surface area contributed by atoms with Gasteiger partial charge in [-0.2, -0.15) is 0 Å². The van der Waals surface area contributed by atoms with Crippen molar-refractivity contribution in [3.05, 3.63) is 111 Å². The second kappa shape index (κ2) is 9.41. The third-order valence-electron chi connectivity index (χ3n) is 5.60. The molecule has 5 aromatic rings. The quantitative estimate of drug-likeness (QED) is 0.227. The zero-order valence-corrected chi connectivity index (χ0v) is 20.7. The first-order valence-electron chi connectivity index (χ1n) is 10.9. The van der Waals surface area contributed by atoms with Crippen LogP contribution in [0.4, 0.5) is 5.69 Å². The number of ketones is 1. The van der Waals surface area contributed by atoms with Crippen molar-refractivity contribution < 1.29 is 14.0 Å². The van der Waals surface area contributed by atoms with Gasteiger partial charge in [-0.3, -0.25) is 9.59 Å². The Morgan fingerprint density at radius 2 is 1.65 bits per heavy atom. The van der Waals surface area contributed by atoms with Gasteiger partial charge < -0.3 is 9.73 Å². The third kappa shape index (κ3) is 4.22. The fourth-order valence-electron chi connectivity index (χ4n) is 3.87. The van der Waals surface area contributed by atoms with Gasteiger partial charge in [0.05, 0.1) is 10.6 Å². The number of hydrogen-bond acceptors (Lipinski definition) is 4. The van der Waals surface area contributed by atoms with Gasteiger partial charge in [0.1, 0.15) is 5.58 Å². The van der Waals surface area contributed by atoms with Crippen molar-refractivity contribution in [2.24, 2.45) is 0 Å². The first-order chi connectivity index (χ1) is 16.5. The summed E-state index contributed by atoms with van der Waals surface area (Å²) in [5.41, 5.74) is 3.62. The van der Waals surface area contributed by atoms with Gasteiger partial charge in [0.15, 0.2) is 5.76 Å². The number of fused-ring (bicyclic) bond motifs is 1. The lowest BCUT2D eigenvalue weighted by atomic mass is 10.1. The zero-order chi connectivity index (χ0) is 23.7. The molecular weight excluding hydrogens is 510 g/mol. The van der Waals surface area contributed by atoms with Crippen molar-refractivity contribution in [1.82, 2.24) is 0 Å². The van der Waals surface area contributed by atoms with Crippen LogP contribution in [0.5, 0.6) is 0 Å². The molecule has 0 aliphatic rings. The maximum absolute atomic E-state index is 13.4. The van der Waals surface area contributed by atoms with E-state index < -0.39 is 0 Å². The summed E-state index contributed by atoms with van der Waals surface area (Å²) in [6, 6.07) is 26.4. The Morgan fingerprint density at radius 1 is 0.941 bits per heavy atom. The van der Waals surface area contributed by atoms with Crippen LogP contribution in [0.3, 0.4) is 0 Å². The second-order valence-electron chi connectivity index (χ2n) is 7.78. The summed E-state index contributed by atoms with van der Waals surface area (Å²) in [6.07, 6.45) is 0.815. The van der Waals surface area contributed by atoms with Crippen molar-refractivity contribution in [2.45, 2.75) is 13.3 Å². The van der Waals surface area contributed by atoms with E-state index in [9.17, 15) is 9.59 Å². The molecule has 168 valence electrons. The number of amides is 1. The molecule has 5 rings (SSSR count). The molecule has 6 heteroatoms. The Morgan fingerprint density at radius 3 is 2.38 bits per heavy atom. The minimum Gasteiger partial charge on any atom is -0.450 e. The minimum absolute atomic E-state index is 0.118. The lowest BCUT2D eigenvalue weighted by Crippen LogP contribution is -2.13. The number of rotatable bonds is 6. The fourth-order valence-corrected chi connectivity index (χ4v) is 5.29. The van der Waals surface area contributed by atoms with E-state index in [1.165, 1.54) is 11.3 Å². The number of para-hydroxylation sites is 1. The molecule has 0 bridgehead atoms. The Hall–Kier alpha value is -3.48. The number of carbonyl (C=O) groups excluding carboxylic acids is 2. The molecular formula is C28H20BrNO3S. The third-order valence-corrected chi connectivity index (χ3v) is 7.35. The lowest BCUT2D eigenvalue weighted by molar-refractivity contribution is 0.101. The molecule has 2 aromatic heterocycles. The molecule has 0 aliphatic heterocycles. The van der Waals surface area contributed by atoms with Crippen molar-refractivity contribution in [1.29, 1.82) is 0 Å². The molecule has 0 fully saturated rings. The zero-order valence-electron chi connectivity index (χ0n) is 18.3. The van der Waals surface area contributed by atoms with E-state index in [0.717, 1.165) is 26.9 Å². The Labute approximate surface area is 209 Å². The predicted molar refractivity (Wildman–Crippen MR) is 141 cm³/mol. The summed E-state index contributed by atoms with van der Waals surface area (Å²) in [4.78, 5) is 28.3. The van der Waals surface area contributed by atoms with Gasteiger partial charge in [-0.05, 0) is 60.0 Å². The van der Waals surface area contributed by atoms with E-state index in [1.807, 2.05) is 54.6 Å². The number of nitrogens with one attached hydrogen (secondary N) is 1. The first kappa shape index (κ1) is 22.3. The molecule has 4 nitrogen and oxygen atoms in total.